The predicted molar refractivity (Wildman–Crippen MR) is 151 cm³/mol. The zero-order chi connectivity index (χ0) is 26.4. The molecule has 6 rings (SSSR count). The minimum Gasteiger partial charge on any atom is -0.488 e. The van der Waals surface area contributed by atoms with E-state index in [1.165, 1.54) is 7.11 Å². The number of hydrogen-bond donors (Lipinski definition) is 1. The molecule has 0 amide bonds. The molecule has 0 saturated carbocycles. The van der Waals surface area contributed by atoms with Crippen molar-refractivity contribution in [1.82, 2.24) is 5.32 Å². The maximum absolute atomic E-state index is 13.6. The molecule has 0 fully saturated rings. The Morgan fingerprint density at radius 1 is 0.947 bits per heavy atom. The van der Waals surface area contributed by atoms with Crippen molar-refractivity contribution in [2.24, 2.45) is 0 Å². The molecule has 2 aliphatic rings. The standard InChI is InChI=1S/C32H24BrNO4/c1-18-27(32(36)37-2)28(29-30(34-18)23-12-5-6-13-24(23)31(29)35)20-14-15-26(25(33)16-20)38-17-21-10-7-9-19-8-3-4-11-22(19)21/h3-16,28,34H,17H2,1-2H3/t28-/m0/s1. The van der Waals surface area contributed by atoms with E-state index in [1.54, 1.807) is 0 Å². The van der Waals surface area contributed by atoms with Crippen LogP contribution in [0.2, 0.25) is 0 Å². The molecule has 0 bridgehead atoms. The molecule has 0 spiro atoms. The summed E-state index contributed by atoms with van der Waals surface area (Å²) in [5.74, 6) is -0.467. The van der Waals surface area contributed by atoms with E-state index >= 15 is 0 Å². The Kier molecular flexibility index (Phi) is 6.12. The Bertz CT molecular complexity index is 1700. The second-order valence-corrected chi connectivity index (χ2v) is 10.2. The summed E-state index contributed by atoms with van der Waals surface area (Å²) in [5, 5.41) is 5.63. The van der Waals surface area contributed by atoms with Gasteiger partial charge in [-0.1, -0.05) is 72.8 Å². The van der Waals surface area contributed by atoms with Crippen LogP contribution >= 0.6 is 15.9 Å². The first-order chi connectivity index (χ1) is 18.5. The summed E-state index contributed by atoms with van der Waals surface area (Å²) in [5.41, 5.74) is 5.73. The van der Waals surface area contributed by atoms with E-state index in [9.17, 15) is 9.59 Å². The van der Waals surface area contributed by atoms with Crippen molar-refractivity contribution in [3.63, 3.8) is 0 Å². The lowest BCUT2D eigenvalue weighted by Crippen LogP contribution is -2.29. The molecule has 0 aromatic heterocycles. The number of fused-ring (bicyclic) bond motifs is 3. The van der Waals surface area contributed by atoms with Crippen molar-refractivity contribution in [2.45, 2.75) is 19.4 Å². The van der Waals surface area contributed by atoms with Gasteiger partial charge in [0.2, 0.25) is 0 Å². The van der Waals surface area contributed by atoms with Gasteiger partial charge in [-0.25, -0.2) is 4.79 Å². The number of nitrogens with one attached hydrogen (secondary N) is 1. The van der Waals surface area contributed by atoms with Gasteiger partial charge in [0.05, 0.1) is 22.9 Å². The van der Waals surface area contributed by atoms with Crippen molar-refractivity contribution in [3.8, 4) is 5.75 Å². The maximum atomic E-state index is 13.6. The van der Waals surface area contributed by atoms with E-state index in [2.05, 4.69) is 45.5 Å². The number of halogens is 1. The molecule has 1 atom stereocenters. The molecule has 38 heavy (non-hydrogen) atoms. The first-order valence-electron chi connectivity index (χ1n) is 12.3. The average molecular weight is 566 g/mol. The molecule has 4 aromatic rings. The van der Waals surface area contributed by atoms with Crippen LogP contribution in [0.3, 0.4) is 0 Å². The van der Waals surface area contributed by atoms with Crippen LogP contribution in [0.15, 0.2) is 106 Å². The summed E-state index contributed by atoms with van der Waals surface area (Å²) in [4.78, 5) is 26.5. The molecule has 1 N–H and O–H groups in total. The van der Waals surface area contributed by atoms with Crippen LogP contribution in [0.4, 0.5) is 0 Å². The average Bonchev–Trinajstić information content (AvgIpc) is 3.22. The van der Waals surface area contributed by atoms with Crippen LogP contribution in [-0.4, -0.2) is 18.9 Å². The second-order valence-electron chi connectivity index (χ2n) is 9.37. The third kappa shape index (κ3) is 3.92. The zero-order valence-corrected chi connectivity index (χ0v) is 22.5. The molecule has 0 radical (unpaired) electrons. The molecule has 0 unspecified atom stereocenters. The zero-order valence-electron chi connectivity index (χ0n) is 20.9. The number of benzene rings is 4. The lowest BCUT2D eigenvalue weighted by atomic mass is 9.80. The van der Waals surface area contributed by atoms with Gasteiger partial charge in [0.15, 0.2) is 5.78 Å². The predicted octanol–water partition coefficient (Wildman–Crippen LogP) is 6.92. The van der Waals surface area contributed by atoms with E-state index in [1.807, 2.05) is 67.6 Å². The van der Waals surface area contributed by atoms with E-state index < -0.39 is 11.9 Å². The molecular formula is C32H24BrNO4. The first kappa shape index (κ1) is 24.2. The smallest absolute Gasteiger partial charge is 0.336 e. The van der Waals surface area contributed by atoms with E-state index in [-0.39, 0.29) is 5.78 Å². The van der Waals surface area contributed by atoms with Gasteiger partial charge in [-0.2, -0.15) is 0 Å². The summed E-state index contributed by atoms with van der Waals surface area (Å²) < 4.78 is 12.1. The molecule has 5 nitrogen and oxygen atoms in total. The quantitative estimate of drug-likeness (QED) is 0.266. The van der Waals surface area contributed by atoms with E-state index in [4.69, 9.17) is 9.47 Å². The number of allylic oxidation sites excluding steroid dienone is 2. The van der Waals surface area contributed by atoms with Crippen LogP contribution in [0.5, 0.6) is 5.75 Å². The topological polar surface area (TPSA) is 64.6 Å². The Labute approximate surface area is 228 Å². The van der Waals surface area contributed by atoms with Crippen molar-refractivity contribution in [2.75, 3.05) is 7.11 Å². The minimum absolute atomic E-state index is 0.0885. The lowest BCUT2D eigenvalue weighted by Gasteiger charge is -2.29. The molecule has 6 heteroatoms. The summed E-state index contributed by atoms with van der Waals surface area (Å²) >= 11 is 3.67. The SMILES string of the molecule is COC(=O)C1=C(C)NC2=C(C(=O)c3ccccc32)[C@H]1c1ccc(OCc2cccc3ccccc23)c(Br)c1. The highest BCUT2D eigenvalue weighted by Crippen LogP contribution is 2.47. The van der Waals surface area contributed by atoms with Gasteiger partial charge in [0.1, 0.15) is 12.4 Å². The van der Waals surface area contributed by atoms with Gasteiger partial charge < -0.3 is 14.8 Å². The van der Waals surface area contributed by atoms with E-state index in [0.29, 0.717) is 34.8 Å². The van der Waals surface area contributed by atoms with Gasteiger partial charge >= 0.3 is 5.97 Å². The number of esters is 1. The van der Waals surface area contributed by atoms with Crippen molar-refractivity contribution in [3.05, 3.63) is 128 Å². The third-order valence-corrected chi connectivity index (χ3v) is 7.83. The molecule has 4 aromatic carbocycles. The fourth-order valence-corrected chi connectivity index (χ4v) is 5.94. The van der Waals surface area contributed by atoms with Crippen molar-refractivity contribution < 1.29 is 19.1 Å². The Morgan fingerprint density at radius 3 is 2.47 bits per heavy atom. The highest BCUT2D eigenvalue weighted by Gasteiger charge is 2.42. The third-order valence-electron chi connectivity index (χ3n) is 7.21. The van der Waals surface area contributed by atoms with Gasteiger partial charge in [-0.3, -0.25) is 4.79 Å². The number of carbonyl (C=O) groups excluding carboxylic acids is 2. The highest BCUT2D eigenvalue weighted by atomic mass is 79.9. The number of ketones is 1. The number of hydrogen-bond acceptors (Lipinski definition) is 5. The number of Topliss-reactive ketones (excluding diaryl/α,β-unsaturated/α-hetero) is 1. The molecule has 1 aliphatic carbocycles. The second kappa shape index (κ2) is 9.62. The fourth-order valence-electron chi connectivity index (χ4n) is 5.43. The molecular weight excluding hydrogens is 542 g/mol. The molecule has 1 aliphatic heterocycles. The van der Waals surface area contributed by atoms with Crippen LogP contribution in [-0.2, 0) is 16.1 Å². The van der Waals surface area contributed by atoms with Crippen LogP contribution in [0.1, 0.15) is 39.9 Å². The van der Waals surface area contributed by atoms with Gasteiger partial charge in [-0.05, 0) is 56.9 Å². The number of rotatable bonds is 5. The fraction of sp³-hybridized carbons (Fsp3) is 0.125. The summed E-state index contributed by atoms with van der Waals surface area (Å²) in [7, 11) is 1.36. The lowest BCUT2D eigenvalue weighted by molar-refractivity contribution is -0.136. The normalized spacial score (nSPS) is 16.3. The number of ether oxygens (including phenoxy) is 2. The largest absolute Gasteiger partial charge is 0.488 e. The number of methoxy groups -OCH3 is 1. The monoisotopic (exact) mass is 565 g/mol. The van der Waals surface area contributed by atoms with Crippen molar-refractivity contribution in [1.29, 1.82) is 0 Å². The molecule has 188 valence electrons. The minimum atomic E-state index is -0.581. The maximum Gasteiger partial charge on any atom is 0.336 e. The Balaban J connectivity index is 1.37. The molecule has 1 heterocycles. The van der Waals surface area contributed by atoms with Crippen molar-refractivity contribution >= 4 is 44.2 Å². The Morgan fingerprint density at radius 2 is 1.68 bits per heavy atom. The van der Waals surface area contributed by atoms with Gasteiger partial charge in [0, 0.05) is 28.3 Å². The number of dihydropyridines is 1. The van der Waals surface area contributed by atoms with Crippen LogP contribution in [0, 0.1) is 0 Å². The summed E-state index contributed by atoms with van der Waals surface area (Å²) in [6.45, 7) is 2.24. The first-order valence-corrected chi connectivity index (χ1v) is 13.1. The van der Waals surface area contributed by atoms with Crippen LogP contribution in [0.25, 0.3) is 16.5 Å². The molecule has 0 saturated heterocycles. The van der Waals surface area contributed by atoms with E-state index in [0.717, 1.165) is 37.6 Å². The van der Waals surface area contributed by atoms with Crippen LogP contribution < -0.4 is 10.1 Å². The highest BCUT2D eigenvalue weighted by molar-refractivity contribution is 9.10. The van der Waals surface area contributed by atoms with Gasteiger partial charge in [-0.15, -0.1) is 0 Å². The van der Waals surface area contributed by atoms with Gasteiger partial charge in [0.25, 0.3) is 0 Å². The number of carbonyl (C=O) groups is 2. The summed E-state index contributed by atoms with van der Waals surface area (Å²) in [6.07, 6.45) is 0. The summed E-state index contributed by atoms with van der Waals surface area (Å²) in [6, 6.07) is 27.6. The Hall–Kier alpha value is -4.16.